The van der Waals surface area contributed by atoms with Gasteiger partial charge in [-0.1, -0.05) is 18.2 Å². The fourth-order valence-corrected chi connectivity index (χ4v) is 2.60. The number of aromatic nitrogens is 3. The Morgan fingerprint density at radius 3 is 2.58 bits per heavy atom. The van der Waals surface area contributed by atoms with Crippen molar-refractivity contribution in [2.24, 2.45) is 0 Å². The summed E-state index contributed by atoms with van der Waals surface area (Å²) in [6, 6.07) is 14.4. The molecule has 24 heavy (non-hydrogen) atoms. The number of methoxy groups -OCH3 is 1. The van der Waals surface area contributed by atoms with Crippen molar-refractivity contribution in [1.82, 2.24) is 20.1 Å². The summed E-state index contributed by atoms with van der Waals surface area (Å²) in [5.41, 5.74) is 4.23. The molecule has 0 amide bonds. The highest BCUT2D eigenvalue weighted by Crippen LogP contribution is 2.23. The third-order valence-electron chi connectivity index (χ3n) is 3.82. The van der Waals surface area contributed by atoms with Gasteiger partial charge < -0.3 is 10.1 Å². The Labute approximate surface area is 142 Å². The van der Waals surface area contributed by atoms with Crippen LogP contribution in [0.1, 0.15) is 12.5 Å². The number of benzene rings is 1. The molecule has 0 aliphatic carbocycles. The zero-order valence-corrected chi connectivity index (χ0v) is 14.0. The number of hydrogen-bond donors (Lipinski definition) is 1. The molecule has 0 saturated heterocycles. The zero-order chi connectivity index (χ0) is 16.8. The van der Waals surface area contributed by atoms with Crippen LogP contribution in [-0.2, 0) is 11.3 Å². The molecule has 5 nitrogen and oxygen atoms in total. The molecular formula is C19H22N4O. The van der Waals surface area contributed by atoms with E-state index >= 15 is 0 Å². The number of nitrogens with zero attached hydrogens (tertiary/aromatic N) is 3. The first kappa shape index (κ1) is 16.4. The first-order valence-corrected chi connectivity index (χ1v) is 8.04. The van der Waals surface area contributed by atoms with Gasteiger partial charge in [0.1, 0.15) is 0 Å². The lowest BCUT2D eigenvalue weighted by Gasteiger charge is -2.12. The van der Waals surface area contributed by atoms with Crippen molar-refractivity contribution in [1.29, 1.82) is 0 Å². The van der Waals surface area contributed by atoms with Gasteiger partial charge in [0.05, 0.1) is 18.0 Å². The van der Waals surface area contributed by atoms with Crippen molar-refractivity contribution < 1.29 is 4.74 Å². The predicted octanol–water partition coefficient (Wildman–Crippen LogP) is 3.06. The van der Waals surface area contributed by atoms with Crippen molar-refractivity contribution in [2.75, 3.05) is 13.7 Å². The molecule has 0 radical (unpaired) electrons. The van der Waals surface area contributed by atoms with Gasteiger partial charge in [0.2, 0.25) is 0 Å². The molecule has 3 aromatic rings. The van der Waals surface area contributed by atoms with E-state index in [-0.39, 0.29) is 6.04 Å². The Balaban J connectivity index is 1.91. The molecule has 124 valence electrons. The molecule has 0 saturated carbocycles. The summed E-state index contributed by atoms with van der Waals surface area (Å²) < 4.78 is 7.11. The number of pyridine rings is 1. The molecule has 1 unspecified atom stereocenters. The van der Waals surface area contributed by atoms with Gasteiger partial charge in [0.15, 0.2) is 0 Å². The molecule has 3 rings (SSSR count). The number of hydrogen-bond acceptors (Lipinski definition) is 4. The standard InChI is InChI=1S/C19H22N4O/c1-15(14-24-2)21-12-17-13-23(18-6-4-3-5-7-18)22-19(17)16-8-10-20-11-9-16/h3-11,13,15,21H,12,14H2,1-2H3. The van der Waals surface area contributed by atoms with Gasteiger partial charge in [-0.15, -0.1) is 0 Å². The molecule has 2 aromatic heterocycles. The summed E-state index contributed by atoms with van der Waals surface area (Å²) in [7, 11) is 1.72. The van der Waals surface area contributed by atoms with Crippen LogP contribution in [0.5, 0.6) is 0 Å². The van der Waals surface area contributed by atoms with Crippen LogP contribution in [0.25, 0.3) is 16.9 Å². The normalized spacial score (nSPS) is 12.2. The molecule has 0 spiro atoms. The lowest BCUT2D eigenvalue weighted by Crippen LogP contribution is -2.29. The maximum atomic E-state index is 5.19. The summed E-state index contributed by atoms with van der Waals surface area (Å²) >= 11 is 0. The second-order valence-corrected chi connectivity index (χ2v) is 5.76. The van der Waals surface area contributed by atoms with Gasteiger partial charge in [-0.3, -0.25) is 4.98 Å². The van der Waals surface area contributed by atoms with Gasteiger partial charge in [0, 0.05) is 49.4 Å². The van der Waals surface area contributed by atoms with Crippen LogP contribution in [0.3, 0.4) is 0 Å². The van der Waals surface area contributed by atoms with E-state index in [4.69, 9.17) is 9.84 Å². The minimum absolute atomic E-state index is 0.278. The van der Waals surface area contributed by atoms with E-state index in [0.717, 1.165) is 29.1 Å². The Morgan fingerprint density at radius 1 is 1.12 bits per heavy atom. The maximum absolute atomic E-state index is 5.19. The molecule has 0 aliphatic rings. The first-order chi connectivity index (χ1) is 11.8. The highest BCUT2D eigenvalue weighted by atomic mass is 16.5. The summed E-state index contributed by atoms with van der Waals surface area (Å²) in [6.45, 7) is 3.52. The Bertz CT molecular complexity index is 756. The van der Waals surface area contributed by atoms with Crippen LogP contribution in [0.15, 0.2) is 61.1 Å². The van der Waals surface area contributed by atoms with E-state index < -0.39 is 0 Å². The molecule has 1 N–H and O–H groups in total. The monoisotopic (exact) mass is 322 g/mol. The number of nitrogens with one attached hydrogen (secondary N) is 1. The van der Waals surface area contributed by atoms with Crippen molar-refractivity contribution in [3.8, 4) is 16.9 Å². The fourth-order valence-electron chi connectivity index (χ4n) is 2.60. The molecule has 0 bridgehead atoms. The van der Waals surface area contributed by atoms with Crippen LogP contribution < -0.4 is 5.32 Å². The molecular weight excluding hydrogens is 300 g/mol. The molecule has 1 atom stereocenters. The Morgan fingerprint density at radius 2 is 1.88 bits per heavy atom. The highest BCUT2D eigenvalue weighted by Gasteiger charge is 2.13. The molecule has 0 aliphatic heterocycles. The van der Waals surface area contributed by atoms with Crippen molar-refractivity contribution in [2.45, 2.75) is 19.5 Å². The Hall–Kier alpha value is -2.50. The summed E-state index contributed by atoms with van der Waals surface area (Å²) in [5, 5.41) is 8.27. The second-order valence-electron chi connectivity index (χ2n) is 5.76. The number of ether oxygens (including phenoxy) is 1. The topological polar surface area (TPSA) is 52.0 Å². The third kappa shape index (κ3) is 3.88. The van der Waals surface area contributed by atoms with Gasteiger partial charge >= 0.3 is 0 Å². The van der Waals surface area contributed by atoms with Crippen molar-refractivity contribution in [3.63, 3.8) is 0 Å². The summed E-state index contributed by atoms with van der Waals surface area (Å²) in [4.78, 5) is 4.10. The van der Waals surface area contributed by atoms with Crippen molar-refractivity contribution in [3.05, 3.63) is 66.6 Å². The zero-order valence-electron chi connectivity index (χ0n) is 14.0. The van der Waals surface area contributed by atoms with E-state index in [0.29, 0.717) is 6.61 Å². The van der Waals surface area contributed by atoms with Crippen molar-refractivity contribution >= 4 is 0 Å². The van der Waals surface area contributed by atoms with E-state index in [1.807, 2.05) is 47.1 Å². The van der Waals surface area contributed by atoms with Gasteiger partial charge in [0.25, 0.3) is 0 Å². The molecule has 5 heteroatoms. The van der Waals surface area contributed by atoms with Gasteiger partial charge in [-0.2, -0.15) is 5.10 Å². The fraction of sp³-hybridized carbons (Fsp3) is 0.263. The van der Waals surface area contributed by atoms with Crippen LogP contribution >= 0.6 is 0 Å². The molecule has 2 heterocycles. The van der Waals surface area contributed by atoms with E-state index in [9.17, 15) is 0 Å². The number of para-hydroxylation sites is 1. The largest absolute Gasteiger partial charge is 0.383 e. The SMILES string of the molecule is COCC(C)NCc1cn(-c2ccccc2)nc1-c1ccncc1. The van der Waals surface area contributed by atoms with E-state index in [2.05, 4.69) is 23.4 Å². The van der Waals surface area contributed by atoms with Gasteiger partial charge in [-0.25, -0.2) is 4.68 Å². The first-order valence-electron chi connectivity index (χ1n) is 8.04. The number of rotatable bonds is 7. The average molecular weight is 322 g/mol. The van der Waals surface area contributed by atoms with E-state index in [1.54, 1.807) is 19.5 Å². The van der Waals surface area contributed by atoms with Crippen LogP contribution in [0.2, 0.25) is 0 Å². The van der Waals surface area contributed by atoms with Crippen LogP contribution in [0, 0.1) is 0 Å². The summed E-state index contributed by atoms with van der Waals surface area (Å²) in [5.74, 6) is 0. The molecule has 0 fully saturated rings. The Kier molecular flexibility index (Phi) is 5.36. The van der Waals surface area contributed by atoms with Crippen LogP contribution in [-0.4, -0.2) is 34.5 Å². The summed E-state index contributed by atoms with van der Waals surface area (Å²) in [6.07, 6.45) is 5.67. The lowest BCUT2D eigenvalue weighted by molar-refractivity contribution is 0.171. The highest BCUT2D eigenvalue weighted by molar-refractivity contribution is 5.62. The molecule has 1 aromatic carbocycles. The quantitative estimate of drug-likeness (QED) is 0.726. The second kappa shape index (κ2) is 7.86. The average Bonchev–Trinajstić information content (AvgIpc) is 3.06. The smallest absolute Gasteiger partial charge is 0.0973 e. The minimum atomic E-state index is 0.278. The van der Waals surface area contributed by atoms with E-state index in [1.165, 1.54) is 0 Å². The minimum Gasteiger partial charge on any atom is -0.383 e. The third-order valence-corrected chi connectivity index (χ3v) is 3.82. The predicted molar refractivity (Wildman–Crippen MR) is 95.0 cm³/mol. The lowest BCUT2D eigenvalue weighted by atomic mass is 10.1. The maximum Gasteiger partial charge on any atom is 0.0973 e. The van der Waals surface area contributed by atoms with Gasteiger partial charge in [-0.05, 0) is 31.2 Å². The van der Waals surface area contributed by atoms with Crippen LogP contribution in [0.4, 0.5) is 0 Å².